The molecule has 16 heavy (non-hydrogen) atoms. The van der Waals surface area contributed by atoms with Crippen LogP contribution < -0.4 is 5.32 Å². The molecule has 1 aliphatic carbocycles. The minimum atomic E-state index is 0.605. The minimum Gasteiger partial charge on any atom is -0.370 e. The molecule has 2 rings (SSSR count). The van der Waals surface area contributed by atoms with Crippen molar-refractivity contribution in [3.63, 3.8) is 0 Å². The molecule has 0 bridgehead atoms. The molecule has 1 heterocycles. The fraction of sp³-hybridized carbons (Fsp3) is 0.692. The molecular weight excluding hydrogens is 198 g/mol. The second-order valence-corrected chi connectivity index (χ2v) is 4.70. The van der Waals surface area contributed by atoms with Crippen LogP contribution in [-0.4, -0.2) is 16.5 Å². The second kappa shape index (κ2) is 4.81. The molecule has 0 aromatic carbocycles. The van der Waals surface area contributed by atoms with Gasteiger partial charge in [-0.3, -0.25) is 0 Å². The SMILES string of the molecule is CCCNc1cc(CC)nc(C2CC2C)n1. The molecule has 88 valence electrons. The summed E-state index contributed by atoms with van der Waals surface area (Å²) in [5, 5.41) is 3.36. The lowest BCUT2D eigenvalue weighted by molar-refractivity contribution is 0.819. The standard InChI is InChI=1S/C13H21N3/c1-4-6-14-12-8-10(5-2)15-13(16-12)11-7-9(11)3/h8-9,11H,4-7H2,1-3H3,(H,14,15,16). The van der Waals surface area contributed by atoms with E-state index in [1.54, 1.807) is 0 Å². The van der Waals surface area contributed by atoms with Gasteiger partial charge in [0.2, 0.25) is 0 Å². The first-order valence-electron chi connectivity index (χ1n) is 6.36. The Labute approximate surface area is 97.7 Å². The predicted octanol–water partition coefficient (Wildman–Crippen LogP) is 2.98. The summed E-state index contributed by atoms with van der Waals surface area (Å²) in [6.45, 7) is 7.57. The maximum atomic E-state index is 4.62. The smallest absolute Gasteiger partial charge is 0.134 e. The van der Waals surface area contributed by atoms with Gasteiger partial charge in [-0.2, -0.15) is 0 Å². The maximum absolute atomic E-state index is 4.62. The van der Waals surface area contributed by atoms with Crippen molar-refractivity contribution in [2.75, 3.05) is 11.9 Å². The highest BCUT2D eigenvalue weighted by Crippen LogP contribution is 2.45. The zero-order valence-corrected chi connectivity index (χ0v) is 10.5. The summed E-state index contributed by atoms with van der Waals surface area (Å²) in [7, 11) is 0. The van der Waals surface area contributed by atoms with Gasteiger partial charge in [0.25, 0.3) is 0 Å². The summed E-state index contributed by atoms with van der Waals surface area (Å²) in [5.41, 5.74) is 1.16. The Kier molecular flexibility index (Phi) is 3.42. The number of anilines is 1. The first-order chi connectivity index (χ1) is 7.74. The lowest BCUT2D eigenvalue weighted by Gasteiger charge is -2.08. The van der Waals surface area contributed by atoms with Crippen molar-refractivity contribution in [1.29, 1.82) is 0 Å². The fourth-order valence-electron chi connectivity index (χ4n) is 1.89. The molecule has 0 saturated heterocycles. The fourth-order valence-corrected chi connectivity index (χ4v) is 1.89. The van der Waals surface area contributed by atoms with Crippen LogP contribution in [0.2, 0.25) is 0 Å². The Balaban J connectivity index is 2.17. The van der Waals surface area contributed by atoms with E-state index in [2.05, 4.69) is 42.1 Å². The van der Waals surface area contributed by atoms with Crippen molar-refractivity contribution < 1.29 is 0 Å². The summed E-state index contributed by atoms with van der Waals surface area (Å²) in [5.74, 6) is 3.42. The molecule has 1 aliphatic rings. The normalized spacial score (nSPS) is 23.2. The molecule has 2 atom stereocenters. The summed E-state index contributed by atoms with van der Waals surface area (Å²) in [6, 6.07) is 2.08. The van der Waals surface area contributed by atoms with Crippen LogP contribution in [0.1, 0.15) is 51.0 Å². The number of aromatic nitrogens is 2. The molecule has 1 aromatic heterocycles. The van der Waals surface area contributed by atoms with Crippen molar-refractivity contribution >= 4 is 5.82 Å². The number of aryl methyl sites for hydroxylation is 1. The molecule has 0 amide bonds. The van der Waals surface area contributed by atoms with E-state index in [4.69, 9.17) is 0 Å². The number of rotatable bonds is 5. The van der Waals surface area contributed by atoms with Gasteiger partial charge in [-0.05, 0) is 25.2 Å². The van der Waals surface area contributed by atoms with Gasteiger partial charge in [0.15, 0.2) is 0 Å². The van der Waals surface area contributed by atoms with E-state index < -0.39 is 0 Å². The van der Waals surface area contributed by atoms with Gasteiger partial charge in [0, 0.05) is 24.2 Å². The Morgan fingerprint density at radius 3 is 2.69 bits per heavy atom. The Bertz CT molecular complexity index is 362. The van der Waals surface area contributed by atoms with Gasteiger partial charge in [0.1, 0.15) is 11.6 Å². The molecule has 0 aliphatic heterocycles. The van der Waals surface area contributed by atoms with Crippen molar-refractivity contribution in [3.8, 4) is 0 Å². The molecular formula is C13H21N3. The third-order valence-corrected chi connectivity index (χ3v) is 3.16. The van der Waals surface area contributed by atoms with Crippen molar-refractivity contribution in [2.45, 2.75) is 46.0 Å². The van der Waals surface area contributed by atoms with E-state index in [9.17, 15) is 0 Å². The maximum Gasteiger partial charge on any atom is 0.134 e. The number of nitrogens with one attached hydrogen (secondary N) is 1. The largest absolute Gasteiger partial charge is 0.370 e. The quantitative estimate of drug-likeness (QED) is 0.827. The monoisotopic (exact) mass is 219 g/mol. The van der Waals surface area contributed by atoms with Crippen LogP contribution in [0.25, 0.3) is 0 Å². The van der Waals surface area contributed by atoms with Crippen molar-refractivity contribution in [2.24, 2.45) is 5.92 Å². The first-order valence-corrected chi connectivity index (χ1v) is 6.36. The van der Waals surface area contributed by atoms with Crippen LogP contribution in [0.4, 0.5) is 5.82 Å². The summed E-state index contributed by atoms with van der Waals surface area (Å²) in [6.07, 6.45) is 3.36. The highest BCUT2D eigenvalue weighted by Gasteiger charge is 2.36. The van der Waals surface area contributed by atoms with Crippen LogP contribution in [0.5, 0.6) is 0 Å². The van der Waals surface area contributed by atoms with Gasteiger partial charge in [-0.25, -0.2) is 9.97 Å². The van der Waals surface area contributed by atoms with Gasteiger partial charge in [0.05, 0.1) is 0 Å². The molecule has 3 heteroatoms. The average molecular weight is 219 g/mol. The highest BCUT2D eigenvalue weighted by molar-refractivity contribution is 5.37. The zero-order chi connectivity index (χ0) is 11.5. The van der Waals surface area contributed by atoms with E-state index >= 15 is 0 Å². The molecule has 1 aromatic rings. The Hall–Kier alpha value is -1.12. The number of nitrogens with zero attached hydrogens (tertiary/aromatic N) is 2. The summed E-state index contributed by atoms with van der Waals surface area (Å²) < 4.78 is 0. The molecule has 0 radical (unpaired) electrons. The Morgan fingerprint density at radius 2 is 2.12 bits per heavy atom. The second-order valence-electron chi connectivity index (χ2n) is 4.70. The van der Waals surface area contributed by atoms with E-state index in [1.165, 1.54) is 6.42 Å². The lowest BCUT2D eigenvalue weighted by Crippen LogP contribution is -2.06. The van der Waals surface area contributed by atoms with Crippen LogP contribution in [-0.2, 0) is 6.42 Å². The molecule has 0 spiro atoms. The lowest BCUT2D eigenvalue weighted by atomic mass is 10.2. The Morgan fingerprint density at radius 1 is 1.38 bits per heavy atom. The van der Waals surface area contributed by atoms with Gasteiger partial charge in [-0.15, -0.1) is 0 Å². The third-order valence-electron chi connectivity index (χ3n) is 3.16. The molecule has 1 fully saturated rings. The van der Waals surface area contributed by atoms with E-state index in [-0.39, 0.29) is 0 Å². The topological polar surface area (TPSA) is 37.8 Å². The van der Waals surface area contributed by atoms with Crippen LogP contribution in [0.15, 0.2) is 6.07 Å². The van der Waals surface area contributed by atoms with Crippen molar-refractivity contribution in [3.05, 3.63) is 17.6 Å². The predicted molar refractivity (Wildman–Crippen MR) is 66.7 cm³/mol. The van der Waals surface area contributed by atoms with Crippen molar-refractivity contribution in [1.82, 2.24) is 9.97 Å². The van der Waals surface area contributed by atoms with Gasteiger partial charge in [-0.1, -0.05) is 20.8 Å². The van der Waals surface area contributed by atoms with Crippen LogP contribution in [0, 0.1) is 5.92 Å². The third kappa shape index (κ3) is 2.52. The zero-order valence-electron chi connectivity index (χ0n) is 10.5. The summed E-state index contributed by atoms with van der Waals surface area (Å²) in [4.78, 5) is 9.23. The molecule has 3 nitrogen and oxygen atoms in total. The highest BCUT2D eigenvalue weighted by atomic mass is 15.0. The molecule has 1 saturated carbocycles. The molecule has 2 unspecified atom stereocenters. The molecule has 1 N–H and O–H groups in total. The summed E-state index contributed by atoms with van der Waals surface area (Å²) >= 11 is 0. The van der Waals surface area contributed by atoms with E-state index in [1.807, 2.05) is 0 Å². The first kappa shape index (κ1) is 11.4. The van der Waals surface area contributed by atoms with Crippen LogP contribution in [0.3, 0.4) is 0 Å². The average Bonchev–Trinajstić information content (AvgIpc) is 3.03. The number of hydrogen-bond acceptors (Lipinski definition) is 3. The van der Waals surface area contributed by atoms with E-state index in [0.717, 1.165) is 42.6 Å². The van der Waals surface area contributed by atoms with Gasteiger partial charge < -0.3 is 5.32 Å². The van der Waals surface area contributed by atoms with E-state index in [0.29, 0.717) is 5.92 Å². The number of hydrogen-bond donors (Lipinski definition) is 1. The van der Waals surface area contributed by atoms with Crippen LogP contribution >= 0.6 is 0 Å². The minimum absolute atomic E-state index is 0.605. The van der Waals surface area contributed by atoms with Gasteiger partial charge >= 0.3 is 0 Å².